The van der Waals surface area contributed by atoms with Crippen molar-refractivity contribution in [2.45, 2.75) is 70.1 Å². The first-order valence-corrected chi connectivity index (χ1v) is 10.2. The topological polar surface area (TPSA) is 199 Å². The number of carboxylic acids is 2. The third kappa shape index (κ3) is 8.13. The molecule has 12 nitrogen and oxygen atoms in total. The van der Waals surface area contributed by atoms with Gasteiger partial charge in [-0.3, -0.25) is 19.2 Å². The van der Waals surface area contributed by atoms with E-state index in [1.807, 2.05) is 13.8 Å². The van der Waals surface area contributed by atoms with E-state index < -0.39 is 66.9 Å². The van der Waals surface area contributed by atoms with Crippen LogP contribution in [0.4, 0.5) is 0 Å². The van der Waals surface area contributed by atoms with E-state index in [1.54, 1.807) is 0 Å². The molecule has 1 rings (SSSR count). The fourth-order valence-corrected chi connectivity index (χ4v) is 3.35. The van der Waals surface area contributed by atoms with E-state index in [9.17, 15) is 29.1 Å². The van der Waals surface area contributed by atoms with E-state index in [-0.39, 0.29) is 25.3 Å². The number of aliphatic hydroxyl groups is 1. The summed E-state index contributed by atoms with van der Waals surface area (Å²) in [7, 11) is 0. The summed E-state index contributed by atoms with van der Waals surface area (Å²) in [6.45, 7) is 3.24. The number of nitrogens with two attached hydrogens (primary N) is 1. The molecule has 0 spiro atoms. The van der Waals surface area contributed by atoms with Gasteiger partial charge in [0.15, 0.2) is 0 Å². The standard InChI is InChI=1S/C19H32N4O8/c1-10(2)8-13(18(29)23-7-3-4-14(23)19(30)31)22-17(28)12(5-6-15(25)26)21-16(27)11(20)9-24/h10-14,24H,3-9,20H2,1-2H3,(H,21,27)(H,22,28)(H,25,26)(H,30,31). The molecule has 12 heteroatoms. The Kier molecular flexibility index (Phi) is 10.4. The van der Waals surface area contributed by atoms with E-state index in [4.69, 9.17) is 15.9 Å². The molecule has 0 radical (unpaired) electrons. The number of aliphatic carboxylic acids is 2. The zero-order valence-corrected chi connectivity index (χ0v) is 17.7. The van der Waals surface area contributed by atoms with E-state index in [2.05, 4.69) is 10.6 Å². The number of hydrogen-bond acceptors (Lipinski definition) is 7. The van der Waals surface area contributed by atoms with Crippen molar-refractivity contribution in [1.29, 1.82) is 0 Å². The Balaban J connectivity index is 3.00. The van der Waals surface area contributed by atoms with Crippen LogP contribution < -0.4 is 16.4 Å². The lowest BCUT2D eigenvalue weighted by atomic mass is 10.0. The molecule has 3 amide bonds. The fraction of sp³-hybridized carbons (Fsp3) is 0.737. The van der Waals surface area contributed by atoms with Crippen molar-refractivity contribution in [3.8, 4) is 0 Å². The van der Waals surface area contributed by atoms with Crippen LogP contribution in [0.2, 0.25) is 0 Å². The molecule has 0 bridgehead atoms. The maximum absolute atomic E-state index is 13.0. The first-order chi connectivity index (χ1) is 14.5. The summed E-state index contributed by atoms with van der Waals surface area (Å²) in [6.07, 6.45) is 0.391. The molecule has 1 aliphatic rings. The number of rotatable bonds is 12. The predicted molar refractivity (Wildman–Crippen MR) is 108 cm³/mol. The van der Waals surface area contributed by atoms with Gasteiger partial charge in [0.1, 0.15) is 24.2 Å². The molecule has 4 unspecified atom stereocenters. The van der Waals surface area contributed by atoms with Gasteiger partial charge in [0.05, 0.1) is 6.61 Å². The van der Waals surface area contributed by atoms with Crippen LogP contribution in [-0.2, 0) is 24.0 Å². The van der Waals surface area contributed by atoms with Crippen LogP contribution in [-0.4, -0.2) is 87.2 Å². The lowest BCUT2D eigenvalue weighted by molar-refractivity contribution is -0.149. The van der Waals surface area contributed by atoms with E-state index in [1.165, 1.54) is 4.90 Å². The van der Waals surface area contributed by atoms with Gasteiger partial charge in [-0.15, -0.1) is 0 Å². The minimum Gasteiger partial charge on any atom is -0.481 e. The summed E-state index contributed by atoms with van der Waals surface area (Å²) in [6, 6.07) is -4.60. The van der Waals surface area contributed by atoms with Crippen LogP contribution in [0.1, 0.15) is 46.0 Å². The summed E-state index contributed by atoms with van der Waals surface area (Å²) in [4.78, 5) is 61.4. The molecule has 0 saturated carbocycles. The van der Waals surface area contributed by atoms with E-state index >= 15 is 0 Å². The van der Waals surface area contributed by atoms with Gasteiger partial charge in [-0.1, -0.05) is 13.8 Å². The van der Waals surface area contributed by atoms with Gasteiger partial charge in [0.25, 0.3) is 0 Å². The Labute approximate surface area is 180 Å². The molecule has 0 aliphatic carbocycles. The van der Waals surface area contributed by atoms with Crippen molar-refractivity contribution in [3.63, 3.8) is 0 Å². The molecular formula is C19H32N4O8. The highest BCUT2D eigenvalue weighted by Crippen LogP contribution is 2.20. The summed E-state index contributed by atoms with van der Waals surface area (Å²) in [5.41, 5.74) is 5.44. The highest BCUT2D eigenvalue weighted by Gasteiger charge is 2.38. The number of aliphatic hydroxyl groups excluding tert-OH is 1. The first kappa shape index (κ1) is 26.3. The fourth-order valence-electron chi connectivity index (χ4n) is 3.35. The van der Waals surface area contributed by atoms with Gasteiger partial charge >= 0.3 is 11.9 Å². The number of amides is 3. The molecule has 31 heavy (non-hydrogen) atoms. The Morgan fingerprint density at radius 3 is 2.19 bits per heavy atom. The second-order valence-electron chi connectivity index (χ2n) is 8.00. The lowest BCUT2D eigenvalue weighted by Crippen LogP contribution is -2.57. The number of likely N-dealkylation sites (tertiary alicyclic amines) is 1. The van der Waals surface area contributed by atoms with Crippen molar-refractivity contribution in [2.24, 2.45) is 11.7 Å². The van der Waals surface area contributed by atoms with E-state index in [0.717, 1.165) is 0 Å². The van der Waals surface area contributed by atoms with Gasteiger partial charge in [-0.2, -0.15) is 0 Å². The number of carbonyl (C=O) groups is 5. The quantitative estimate of drug-likeness (QED) is 0.202. The molecule has 1 heterocycles. The maximum atomic E-state index is 13.0. The number of carbonyl (C=O) groups excluding carboxylic acids is 3. The molecule has 0 aromatic carbocycles. The Bertz CT molecular complexity index is 684. The normalized spacial score (nSPS) is 18.9. The van der Waals surface area contributed by atoms with Crippen LogP contribution in [0, 0.1) is 5.92 Å². The van der Waals surface area contributed by atoms with Crippen molar-refractivity contribution >= 4 is 29.7 Å². The van der Waals surface area contributed by atoms with Gasteiger partial charge in [-0.25, -0.2) is 4.79 Å². The molecule has 176 valence electrons. The summed E-state index contributed by atoms with van der Waals surface area (Å²) >= 11 is 0. The predicted octanol–water partition coefficient (Wildman–Crippen LogP) is -1.74. The Morgan fingerprint density at radius 2 is 1.68 bits per heavy atom. The van der Waals surface area contributed by atoms with Crippen LogP contribution in [0.5, 0.6) is 0 Å². The molecule has 7 N–H and O–H groups in total. The number of hydrogen-bond donors (Lipinski definition) is 6. The smallest absolute Gasteiger partial charge is 0.326 e. The molecule has 0 aromatic rings. The highest BCUT2D eigenvalue weighted by atomic mass is 16.4. The van der Waals surface area contributed by atoms with Crippen LogP contribution in [0.15, 0.2) is 0 Å². The lowest BCUT2D eigenvalue weighted by Gasteiger charge is -2.29. The van der Waals surface area contributed by atoms with E-state index in [0.29, 0.717) is 12.8 Å². The van der Waals surface area contributed by atoms with Crippen molar-refractivity contribution in [2.75, 3.05) is 13.2 Å². The minimum atomic E-state index is -1.30. The zero-order chi connectivity index (χ0) is 23.7. The number of nitrogens with one attached hydrogen (secondary N) is 2. The van der Waals surface area contributed by atoms with Crippen LogP contribution >= 0.6 is 0 Å². The van der Waals surface area contributed by atoms with Crippen molar-refractivity contribution < 1.29 is 39.3 Å². The maximum Gasteiger partial charge on any atom is 0.326 e. The number of nitrogens with zero attached hydrogens (tertiary/aromatic N) is 1. The van der Waals surface area contributed by atoms with Crippen molar-refractivity contribution in [3.05, 3.63) is 0 Å². The largest absolute Gasteiger partial charge is 0.481 e. The van der Waals surface area contributed by atoms with Gasteiger partial charge in [-0.05, 0) is 31.6 Å². The Hall–Kier alpha value is -2.73. The summed E-state index contributed by atoms with van der Waals surface area (Å²) in [5.74, 6) is -4.49. The second-order valence-corrected chi connectivity index (χ2v) is 8.00. The monoisotopic (exact) mass is 444 g/mol. The first-order valence-electron chi connectivity index (χ1n) is 10.2. The molecule has 4 atom stereocenters. The average Bonchev–Trinajstić information content (AvgIpc) is 3.18. The minimum absolute atomic E-state index is 0.0185. The van der Waals surface area contributed by atoms with Crippen molar-refractivity contribution in [1.82, 2.24) is 15.5 Å². The zero-order valence-electron chi connectivity index (χ0n) is 17.7. The van der Waals surface area contributed by atoms with Gasteiger partial charge in [0, 0.05) is 13.0 Å². The molecule has 0 aromatic heterocycles. The van der Waals surface area contributed by atoms with Crippen LogP contribution in [0.3, 0.4) is 0 Å². The molecule has 1 saturated heterocycles. The third-order valence-corrected chi connectivity index (χ3v) is 4.96. The van der Waals surface area contributed by atoms with Gasteiger partial charge < -0.3 is 36.6 Å². The summed E-state index contributed by atoms with van der Waals surface area (Å²) in [5, 5.41) is 32.1. The molecule has 1 fully saturated rings. The average molecular weight is 444 g/mol. The highest BCUT2D eigenvalue weighted by molar-refractivity contribution is 5.94. The second kappa shape index (κ2) is 12.2. The summed E-state index contributed by atoms with van der Waals surface area (Å²) < 4.78 is 0. The van der Waals surface area contributed by atoms with Gasteiger partial charge in [0.2, 0.25) is 17.7 Å². The molecule has 1 aliphatic heterocycles. The number of carboxylic acid groups (broad SMARTS) is 2. The molecular weight excluding hydrogens is 412 g/mol. The third-order valence-electron chi connectivity index (χ3n) is 4.96. The van der Waals surface area contributed by atoms with Crippen LogP contribution in [0.25, 0.3) is 0 Å². The Morgan fingerprint density at radius 1 is 1.06 bits per heavy atom. The SMILES string of the molecule is CC(C)CC(NC(=O)C(CCC(=O)O)NC(=O)C(N)CO)C(=O)N1CCCC1C(=O)O.